The number of likely N-dealkylation sites (N-methyl/N-ethyl adjacent to an activating group) is 1. The van der Waals surface area contributed by atoms with Gasteiger partial charge in [0.1, 0.15) is 30.8 Å². The van der Waals surface area contributed by atoms with Crippen molar-refractivity contribution in [3.8, 4) is 0 Å². The lowest BCUT2D eigenvalue weighted by atomic mass is 10.0. The second-order valence-corrected chi connectivity index (χ2v) is 13.5. The lowest BCUT2D eigenvalue weighted by Gasteiger charge is -2.32. The molecule has 4 aromatic rings. The van der Waals surface area contributed by atoms with Gasteiger partial charge in [0.15, 0.2) is 0 Å². The molecule has 0 fully saturated rings. The summed E-state index contributed by atoms with van der Waals surface area (Å²) in [6.07, 6.45) is 2.34. The number of benzene rings is 3. The van der Waals surface area contributed by atoms with Crippen molar-refractivity contribution in [1.29, 1.82) is 0 Å². The second-order valence-electron chi connectivity index (χ2n) is 13.5. The van der Waals surface area contributed by atoms with Gasteiger partial charge >= 0.3 is 17.8 Å². The van der Waals surface area contributed by atoms with Crippen molar-refractivity contribution in [2.45, 2.75) is 83.1 Å². The van der Waals surface area contributed by atoms with Crippen LogP contribution in [0, 0.1) is 0 Å². The van der Waals surface area contributed by atoms with Crippen LogP contribution in [0.5, 0.6) is 0 Å². The number of nitrogens with two attached hydrogens (primary N) is 1. The molecule has 15 heteroatoms. The van der Waals surface area contributed by atoms with Crippen LogP contribution in [-0.4, -0.2) is 89.2 Å². The molecule has 6 N–H and O–H groups in total. The average Bonchev–Trinajstić information content (AvgIpc) is 3.62. The van der Waals surface area contributed by atoms with E-state index in [-0.39, 0.29) is 32.5 Å². The lowest BCUT2D eigenvalue weighted by Crippen LogP contribution is -2.59. The number of amides is 5. The molecule has 1 aromatic heterocycles. The molecule has 1 heterocycles. The zero-order chi connectivity index (χ0) is 41.3. The average molecular weight is 783 g/mol. The Bertz CT molecular complexity index is 2000. The first kappa shape index (κ1) is 43.2. The van der Waals surface area contributed by atoms with Crippen LogP contribution in [0.2, 0.25) is 0 Å². The van der Waals surface area contributed by atoms with Gasteiger partial charge in [0.2, 0.25) is 23.6 Å². The summed E-state index contributed by atoms with van der Waals surface area (Å²) in [6.45, 7) is 3.28. The third kappa shape index (κ3) is 12.8. The number of esters is 2. The Morgan fingerprint density at radius 3 is 2.02 bits per heavy atom. The number of carbonyl (C=O) groups excluding carboxylic acids is 7. The van der Waals surface area contributed by atoms with Crippen LogP contribution in [-0.2, 0) is 62.5 Å². The van der Waals surface area contributed by atoms with Gasteiger partial charge in [-0.2, -0.15) is 0 Å². The largest absolute Gasteiger partial charge is 0.461 e. The molecule has 0 aliphatic carbocycles. The number of fused-ring (bicyclic) bond motifs is 1. The van der Waals surface area contributed by atoms with E-state index >= 15 is 0 Å². The number of aromatic amines is 1. The Morgan fingerprint density at radius 2 is 1.37 bits per heavy atom. The zero-order valence-corrected chi connectivity index (χ0v) is 32.3. The van der Waals surface area contributed by atoms with Crippen LogP contribution < -0.4 is 21.7 Å². The van der Waals surface area contributed by atoms with Gasteiger partial charge in [-0.1, -0.05) is 98.6 Å². The maximum atomic E-state index is 14.3. The van der Waals surface area contributed by atoms with Crippen molar-refractivity contribution >= 4 is 52.4 Å². The molecule has 3 aromatic carbocycles. The minimum atomic E-state index is -1.54. The van der Waals surface area contributed by atoms with Crippen LogP contribution in [0.3, 0.4) is 0 Å². The lowest BCUT2D eigenvalue weighted by molar-refractivity contribution is -0.155. The number of rotatable bonds is 20. The fraction of sp³-hybridized carbons (Fsp3) is 0.357. The van der Waals surface area contributed by atoms with E-state index in [9.17, 15) is 33.6 Å². The van der Waals surface area contributed by atoms with Gasteiger partial charge in [-0.25, -0.2) is 4.79 Å². The van der Waals surface area contributed by atoms with E-state index in [1.54, 1.807) is 66.9 Å². The fourth-order valence-corrected chi connectivity index (χ4v) is 6.22. The van der Waals surface area contributed by atoms with E-state index in [0.717, 1.165) is 15.8 Å². The van der Waals surface area contributed by atoms with Crippen LogP contribution in [0.15, 0.2) is 91.1 Å². The Morgan fingerprint density at radius 1 is 0.737 bits per heavy atom. The van der Waals surface area contributed by atoms with Crippen LogP contribution >= 0.6 is 0 Å². The van der Waals surface area contributed by atoms with E-state index in [4.69, 9.17) is 15.2 Å². The summed E-state index contributed by atoms with van der Waals surface area (Å²) >= 11 is 0. The highest BCUT2D eigenvalue weighted by Crippen LogP contribution is 2.21. The first-order valence-electron chi connectivity index (χ1n) is 18.8. The summed E-state index contributed by atoms with van der Waals surface area (Å²) in [7, 11) is 1.38. The smallest absolute Gasteiger partial charge is 0.396 e. The molecule has 302 valence electrons. The summed E-state index contributed by atoms with van der Waals surface area (Å²) < 4.78 is 10.3. The Hall–Kier alpha value is -6.51. The number of para-hydroxylation sites is 1. The number of H-pyrrole nitrogens is 1. The molecule has 57 heavy (non-hydrogen) atoms. The predicted molar refractivity (Wildman–Crippen MR) is 211 cm³/mol. The van der Waals surface area contributed by atoms with Gasteiger partial charge < -0.3 is 41.0 Å². The topological polar surface area (TPSA) is 219 Å². The van der Waals surface area contributed by atoms with Crippen molar-refractivity contribution in [3.63, 3.8) is 0 Å². The van der Waals surface area contributed by atoms with Crippen molar-refractivity contribution in [1.82, 2.24) is 25.8 Å². The third-order valence-electron chi connectivity index (χ3n) is 9.30. The molecule has 15 nitrogen and oxygen atoms in total. The standard InChI is InChI=1S/C42H50N6O9/c1-4-6-21-35(48(3)41(54)34(47-40(53)42(55)56-5-2)23-29-25-44-31-20-14-13-19-30(29)31)39(52)46-33(24-36(49)57-26-28-17-11-8-12-18-28)38(51)45-32(37(43)50)22-27-15-9-7-10-16-27/h7-20,25,32-35,44H,4-6,21-24,26H2,1-3H3,(H2,43,50)(H,45,51)(H,46,52)(H,47,53)/t32-,33-,34-,35-/m0/s1. The molecule has 0 spiro atoms. The van der Waals surface area contributed by atoms with E-state index < -0.39 is 72.1 Å². The number of aromatic nitrogens is 1. The molecular weight excluding hydrogens is 732 g/mol. The molecule has 4 atom stereocenters. The minimum Gasteiger partial charge on any atom is -0.461 e. The van der Waals surface area contributed by atoms with E-state index in [1.807, 2.05) is 31.2 Å². The van der Waals surface area contributed by atoms with E-state index in [1.165, 1.54) is 14.0 Å². The summed E-state index contributed by atoms with van der Waals surface area (Å²) in [5.74, 6) is -6.31. The molecule has 0 saturated carbocycles. The molecule has 0 radical (unpaired) electrons. The fourth-order valence-electron chi connectivity index (χ4n) is 6.22. The maximum absolute atomic E-state index is 14.3. The van der Waals surface area contributed by atoms with Crippen molar-refractivity contribution in [3.05, 3.63) is 108 Å². The maximum Gasteiger partial charge on any atom is 0.396 e. The Kier molecular flexibility index (Phi) is 16.3. The third-order valence-corrected chi connectivity index (χ3v) is 9.30. The molecule has 0 bridgehead atoms. The van der Waals surface area contributed by atoms with E-state index in [2.05, 4.69) is 20.9 Å². The summed E-state index contributed by atoms with van der Waals surface area (Å²) in [5, 5.41) is 8.46. The molecule has 0 aliphatic rings. The highest BCUT2D eigenvalue weighted by atomic mass is 16.5. The van der Waals surface area contributed by atoms with Gasteiger partial charge in [0.05, 0.1) is 13.0 Å². The van der Waals surface area contributed by atoms with Crippen LogP contribution in [0.1, 0.15) is 56.2 Å². The number of unbranched alkanes of at least 4 members (excludes halogenated alkanes) is 1. The molecule has 4 rings (SSSR count). The van der Waals surface area contributed by atoms with Gasteiger partial charge in [-0.15, -0.1) is 0 Å². The van der Waals surface area contributed by atoms with Crippen LogP contribution in [0.4, 0.5) is 0 Å². The van der Waals surface area contributed by atoms with Gasteiger partial charge in [-0.3, -0.25) is 28.8 Å². The van der Waals surface area contributed by atoms with Crippen LogP contribution in [0.25, 0.3) is 10.9 Å². The van der Waals surface area contributed by atoms with Gasteiger partial charge in [0.25, 0.3) is 0 Å². The molecular formula is C42H50N6O9. The highest BCUT2D eigenvalue weighted by molar-refractivity contribution is 6.33. The normalized spacial score (nSPS) is 13.0. The second kappa shape index (κ2) is 21.5. The Labute approximate surface area is 331 Å². The Balaban J connectivity index is 1.60. The van der Waals surface area contributed by atoms with Crippen molar-refractivity contribution in [2.75, 3.05) is 13.7 Å². The minimum absolute atomic E-state index is 0.0470. The number of nitrogens with one attached hydrogen (secondary N) is 4. The first-order chi connectivity index (χ1) is 27.4. The molecule has 0 aliphatic heterocycles. The first-order valence-corrected chi connectivity index (χ1v) is 18.8. The van der Waals surface area contributed by atoms with Gasteiger partial charge in [0, 0.05) is 37.0 Å². The number of nitrogens with zero attached hydrogens (tertiary/aromatic N) is 1. The number of ether oxygens (including phenoxy) is 2. The quantitative estimate of drug-likeness (QED) is 0.0657. The van der Waals surface area contributed by atoms with E-state index in [0.29, 0.717) is 29.5 Å². The zero-order valence-electron chi connectivity index (χ0n) is 32.3. The van der Waals surface area contributed by atoms with Gasteiger partial charge in [-0.05, 0) is 36.1 Å². The van der Waals surface area contributed by atoms with Crippen molar-refractivity contribution in [2.24, 2.45) is 5.73 Å². The molecule has 0 saturated heterocycles. The number of primary amides is 1. The summed E-state index contributed by atoms with van der Waals surface area (Å²) in [4.78, 5) is 97.5. The predicted octanol–water partition coefficient (Wildman–Crippen LogP) is 2.61. The highest BCUT2D eigenvalue weighted by Gasteiger charge is 2.36. The summed E-state index contributed by atoms with van der Waals surface area (Å²) in [6, 6.07) is 19.8. The number of hydrogen-bond donors (Lipinski definition) is 5. The molecule has 0 unspecified atom stereocenters. The summed E-state index contributed by atoms with van der Waals surface area (Å²) in [5.41, 5.74) is 8.53. The SMILES string of the molecule is CCCC[C@@H](C(=O)N[C@@H](CC(=O)OCc1ccccc1)C(=O)N[C@@H](Cc1ccccc1)C(N)=O)N(C)C(=O)[C@H](Cc1c[nH]c2ccccc12)NC(=O)C(=O)OCC. The monoisotopic (exact) mass is 782 g/mol. The van der Waals surface area contributed by atoms with Crippen molar-refractivity contribution < 1.29 is 43.0 Å². The number of hydrogen-bond acceptors (Lipinski definition) is 9. The molecule has 5 amide bonds. The number of carbonyl (C=O) groups is 7.